The number of hydrogen-bond donors (Lipinski definition) is 1. The van der Waals surface area contributed by atoms with Gasteiger partial charge in [-0.2, -0.15) is 0 Å². The minimum Gasteiger partial charge on any atom is -0.452 e. The van der Waals surface area contributed by atoms with Crippen LogP contribution in [0.15, 0.2) is 53.0 Å². The van der Waals surface area contributed by atoms with E-state index in [1.54, 1.807) is 12.1 Å². The summed E-state index contributed by atoms with van der Waals surface area (Å²) in [5.74, 6) is -2.99. The van der Waals surface area contributed by atoms with E-state index in [4.69, 9.17) is 4.74 Å². The van der Waals surface area contributed by atoms with Crippen molar-refractivity contribution in [2.45, 2.75) is 0 Å². The molecule has 0 aliphatic carbocycles. The Morgan fingerprint density at radius 1 is 1.17 bits per heavy atom. The average molecular weight is 396 g/mol. The van der Waals surface area contributed by atoms with Crippen LogP contribution in [0.1, 0.15) is 5.56 Å². The fraction of sp³-hybridized carbons (Fsp3) is 0.0588. The van der Waals surface area contributed by atoms with Crippen LogP contribution in [-0.4, -0.2) is 18.5 Å². The summed E-state index contributed by atoms with van der Waals surface area (Å²) in [6.45, 7) is -0.616. The third kappa shape index (κ3) is 5.27. The topological polar surface area (TPSA) is 55.4 Å². The molecule has 2 rings (SSSR count). The van der Waals surface area contributed by atoms with Crippen molar-refractivity contribution in [3.63, 3.8) is 0 Å². The summed E-state index contributed by atoms with van der Waals surface area (Å²) in [6, 6.07) is 9.88. The Labute approximate surface area is 145 Å². The second kappa shape index (κ2) is 8.35. The lowest BCUT2D eigenvalue weighted by atomic mass is 10.2. The zero-order chi connectivity index (χ0) is 17.5. The fourth-order valence-corrected chi connectivity index (χ4v) is 2.15. The van der Waals surface area contributed by atoms with E-state index in [2.05, 4.69) is 21.2 Å². The van der Waals surface area contributed by atoms with E-state index >= 15 is 0 Å². The van der Waals surface area contributed by atoms with Gasteiger partial charge in [-0.3, -0.25) is 4.79 Å². The van der Waals surface area contributed by atoms with E-state index in [1.165, 1.54) is 6.08 Å². The molecule has 1 amide bonds. The molecule has 0 atom stereocenters. The molecule has 2 aromatic rings. The lowest BCUT2D eigenvalue weighted by Crippen LogP contribution is -2.20. The van der Waals surface area contributed by atoms with Crippen LogP contribution in [0.5, 0.6) is 0 Å². The first kappa shape index (κ1) is 17.8. The lowest BCUT2D eigenvalue weighted by molar-refractivity contribution is -0.142. The molecule has 2 aromatic carbocycles. The minimum atomic E-state index is -0.787. The molecule has 24 heavy (non-hydrogen) atoms. The summed E-state index contributed by atoms with van der Waals surface area (Å²) in [6.07, 6.45) is 2.69. The Hall–Kier alpha value is -2.54. The van der Waals surface area contributed by atoms with Gasteiger partial charge in [-0.1, -0.05) is 34.1 Å². The molecule has 0 aliphatic rings. The van der Waals surface area contributed by atoms with Gasteiger partial charge in [-0.25, -0.2) is 13.6 Å². The van der Waals surface area contributed by atoms with E-state index < -0.39 is 30.1 Å². The molecule has 0 spiro atoms. The molecule has 0 heterocycles. The number of nitrogens with one attached hydrogen (secondary N) is 1. The molecule has 1 N–H and O–H groups in total. The van der Waals surface area contributed by atoms with E-state index in [0.717, 1.165) is 34.3 Å². The Morgan fingerprint density at radius 3 is 2.67 bits per heavy atom. The lowest BCUT2D eigenvalue weighted by Gasteiger charge is -2.06. The maximum absolute atomic E-state index is 13.4. The van der Waals surface area contributed by atoms with Crippen LogP contribution >= 0.6 is 15.9 Å². The number of hydrogen-bond acceptors (Lipinski definition) is 3. The largest absolute Gasteiger partial charge is 0.452 e. The van der Waals surface area contributed by atoms with Gasteiger partial charge in [-0.05, 0) is 29.8 Å². The molecule has 0 aliphatic heterocycles. The SMILES string of the molecule is O=C(COC(=O)/C=C/c1ccccc1Br)Nc1cc(F)ccc1F. The van der Waals surface area contributed by atoms with Crippen LogP contribution in [0.4, 0.5) is 14.5 Å². The summed E-state index contributed by atoms with van der Waals surface area (Å²) >= 11 is 3.32. The summed E-state index contributed by atoms with van der Waals surface area (Å²) in [5, 5.41) is 2.13. The van der Waals surface area contributed by atoms with E-state index in [1.807, 2.05) is 12.1 Å². The van der Waals surface area contributed by atoms with Crippen LogP contribution in [0, 0.1) is 11.6 Å². The zero-order valence-electron chi connectivity index (χ0n) is 12.3. The van der Waals surface area contributed by atoms with Crippen LogP contribution < -0.4 is 5.32 Å². The van der Waals surface area contributed by atoms with Crippen molar-refractivity contribution >= 4 is 39.6 Å². The second-order valence-electron chi connectivity index (χ2n) is 4.63. The molecular formula is C17H12BrF2NO3. The highest BCUT2D eigenvalue weighted by molar-refractivity contribution is 9.10. The maximum atomic E-state index is 13.4. The van der Waals surface area contributed by atoms with Crippen LogP contribution in [-0.2, 0) is 14.3 Å². The number of halogens is 3. The number of carbonyl (C=O) groups excluding carboxylic acids is 2. The second-order valence-corrected chi connectivity index (χ2v) is 5.49. The molecular weight excluding hydrogens is 384 g/mol. The molecule has 0 fully saturated rings. The third-order valence-electron chi connectivity index (χ3n) is 2.85. The van der Waals surface area contributed by atoms with Gasteiger partial charge in [0.15, 0.2) is 6.61 Å². The first-order valence-corrected chi connectivity index (χ1v) is 7.59. The molecule has 0 unspecified atom stereocenters. The van der Waals surface area contributed by atoms with Crippen molar-refractivity contribution in [3.8, 4) is 0 Å². The van der Waals surface area contributed by atoms with E-state index in [0.29, 0.717) is 0 Å². The van der Waals surface area contributed by atoms with Gasteiger partial charge in [0, 0.05) is 16.6 Å². The van der Waals surface area contributed by atoms with Crippen molar-refractivity contribution in [3.05, 3.63) is 70.2 Å². The fourth-order valence-electron chi connectivity index (χ4n) is 1.73. The van der Waals surface area contributed by atoms with Crippen LogP contribution in [0.3, 0.4) is 0 Å². The third-order valence-corrected chi connectivity index (χ3v) is 3.57. The monoisotopic (exact) mass is 395 g/mol. The van der Waals surface area contributed by atoms with Gasteiger partial charge in [0.05, 0.1) is 5.69 Å². The summed E-state index contributed by atoms with van der Waals surface area (Å²) in [5.41, 5.74) is 0.445. The summed E-state index contributed by atoms with van der Waals surface area (Å²) < 4.78 is 31.9. The zero-order valence-corrected chi connectivity index (χ0v) is 13.8. The Bertz CT molecular complexity index is 793. The van der Waals surface area contributed by atoms with Gasteiger partial charge in [0.2, 0.25) is 0 Å². The summed E-state index contributed by atoms with van der Waals surface area (Å²) in [4.78, 5) is 23.2. The smallest absolute Gasteiger partial charge is 0.331 e. The predicted molar refractivity (Wildman–Crippen MR) is 89.1 cm³/mol. The van der Waals surface area contributed by atoms with Crippen molar-refractivity contribution in [1.29, 1.82) is 0 Å². The van der Waals surface area contributed by atoms with Gasteiger partial charge >= 0.3 is 5.97 Å². The maximum Gasteiger partial charge on any atom is 0.331 e. The van der Waals surface area contributed by atoms with Crippen molar-refractivity contribution in [1.82, 2.24) is 0 Å². The van der Waals surface area contributed by atoms with Gasteiger partial charge in [0.25, 0.3) is 5.91 Å². The number of amides is 1. The van der Waals surface area contributed by atoms with Gasteiger partial charge in [-0.15, -0.1) is 0 Å². The van der Waals surface area contributed by atoms with Gasteiger partial charge < -0.3 is 10.1 Å². The molecule has 0 saturated carbocycles. The van der Waals surface area contributed by atoms with E-state index in [-0.39, 0.29) is 5.69 Å². The molecule has 124 valence electrons. The quantitative estimate of drug-likeness (QED) is 0.616. The highest BCUT2D eigenvalue weighted by Gasteiger charge is 2.10. The Balaban J connectivity index is 1.86. The predicted octanol–water partition coefficient (Wildman–Crippen LogP) is 3.92. The number of rotatable bonds is 5. The standard InChI is InChI=1S/C17H12BrF2NO3/c18-13-4-2-1-3-11(13)5-8-17(23)24-10-16(22)21-15-9-12(19)6-7-14(15)20/h1-9H,10H2,(H,21,22)/b8-5+. The molecule has 7 heteroatoms. The first-order valence-electron chi connectivity index (χ1n) is 6.80. The minimum absolute atomic E-state index is 0.320. The Kier molecular flexibility index (Phi) is 6.20. The molecule has 4 nitrogen and oxygen atoms in total. The molecule has 0 radical (unpaired) electrons. The highest BCUT2D eigenvalue weighted by Crippen LogP contribution is 2.17. The van der Waals surface area contributed by atoms with Crippen LogP contribution in [0.25, 0.3) is 6.08 Å². The molecule has 0 aromatic heterocycles. The van der Waals surface area contributed by atoms with Gasteiger partial charge in [0.1, 0.15) is 11.6 Å². The van der Waals surface area contributed by atoms with E-state index in [9.17, 15) is 18.4 Å². The molecule has 0 bridgehead atoms. The number of benzene rings is 2. The number of esters is 1. The van der Waals surface area contributed by atoms with Crippen molar-refractivity contribution in [2.75, 3.05) is 11.9 Å². The van der Waals surface area contributed by atoms with Crippen molar-refractivity contribution in [2.24, 2.45) is 0 Å². The average Bonchev–Trinajstić information content (AvgIpc) is 2.55. The van der Waals surface area contributed by atoms with Crippen LogP contribution in [0.2, 0.25) is 0 Å². The first-order chi connectivity index (χ1) is 11.5. The summed E-state index contributed by atoms with van der Waals surface area (Å²) in [7, 11) is 0. The Morgan fingerprint density at radius 2 is 1.92 bits per heavy atom. The number of ether oxygens (including phenoxy) is 1. The molecule has 0 saturated heterocycles. The number of anilines is 1. The highest BCUT2D eigenvalue weighted by atomic mass is 79.9. The van der Waals surface area contributed by atoms with Crippen molar-refractivity contribution < 1.29 is 23.1 Å². The number of carbonyl (C=O) groups is 2. The normalized spacial score (nSPS) is 10.6.